The van der Waals surface area contributed by atoms with Crippen LogP contribution in [0.4, 0.5) is 5.69 Å². The van der Waals surface area contributed by atoms with E-state index in [0.29, 0.717) is 30.2 Å². The summed E-state index contributed by atoms with van der Waals surface area (Å²) in [6.07, 6.45) is 0. The molecule has 1 heterocycles. The Bertz CT molecular complexity index is 1250. The number of carbonyl (C=O) groups excluding carboxylic acids is 1. The lowest BCUT2D eigenvalue weighted by molar-refractivity contribution is 0.0729. The first kappa shape index (κ1) is 22.1. The Balaban J connectivity index is 1.67. The number of morpholine rings is 1. The minimum Gasteiger partial charge on any atom is -0.496 e. The van der Waals surface area contributed by atoms with Gasteiger partial charge < -0.3 is 19.5 Å². The minimum absolute atomic E-state index is 0.00910. The highest BCUT2D eigenvalue weighted by Gasteiger charge is 2.29. The lowest BCUT2D eigenvalue weighted by Crippen LogP contribution is -2.40. The first-order valence-corrected chi connectivity index (χ1v) is 11.5. The number of nitrogens with zero attached hydrogens (tertiary/aromatic N) is 1. The number of hydrogen-bond donors (Lipinski definition) is 1. The lowest BCUT2D eigenvalue weighted by Gasteiger charge is -2.26. The van der Waals surface area contributed by atoms with E-state index in [2.05, 4.69) is 5.32 Å². The molecule has 1 fully saturated rings. The normalized spacial score (nSPS) is 14.8. The molecule has 168 valence electrons. The predicted octanol–water partition coefficient (Wildman–Crippen LogP) is 3.13. The number of benzene rings is 3. The molecular formula is C23H24N2O6S. The SMILES string of the molecule is COc1cc2ccccc2cc1C(=O)Nc1ccc(OC)c(S(=O)(=O)N2CCOCC2)c1. The van der Waals surface area contributed by atoms with Crippen LogP contribution < -0.4 is 14.8 Å². The number of ether oxygens (including phenoxy) is 3. The Kier molecular flexibility index (Phi) is 6.31. The highest BCUT2D eigenvalue weighted by atomic mass is 32.2. The highest BCUT2D eigenvalue weighted by Crippen LogP contribution is 2.31. The van der Waals surface area contributed by atoms with Gasteiger partial charge in [0, 0.05) is 18.8 Å². The van der Waals surface area contributed by atoms with Gasteiger partial charge in [0.15, 0.2) is 0 Å². The molecule has 32 heavy (non-hydrogen) atoms. The van der Waals surface area contributed by atoms with Crippen LogP contribution in [0.15, 0.2) is 59.5 Å². The number of amides is 1. The van der Waals surface area contributed by atoms with Crippen molar-refractivity contribution in [2.75, 3.05) is 45.8 Å². The van der Waals surface area contributed by atoms with Crippen molar-refractivity contribution in [1.82, 2.24) is 4.31 Å². The maximum Gasteiger partial charge on any atom is 0.259 e. The molecule has 8 nitrogen and oxygen atoms in total. The van der Waals surface area contributed by atoms with Crippen LogP contribution in [0.5, 0.6) is 11.5 Å². The van der Waals surface area contributed by atoms with Crippen molar-refractivity contribution in [3.8, 4) is 11.5 Å². The van der Waals surface area contributed by atoms with Gasteiger partial charge in [0.1, 0.15) is 16.4 Å². The Morgan fingerprint density at radius 1 is 0.938 bits per heavy atom. The summed E-state index contributed by atoms with van der Waals surface area (Å²) in [5, 5.41) is 4.62. The second kappa shape index (κ2) is 9.15. The molecule has 0 aromatic heterocycles. The number of anilines is 1. The quantitative estimate of drug-likeness (QED) is 0.613. The third kappa shape index (κ3) is 4.27. The van der Waals surface area contributed by atoms with Crippen molar-refractivity contribution >= 4 is 32.4 Å². The van der Waals surface area contributed by atoms with Gasteiger partial charge in [-0.15, -0.1) is 0 Å². The summed E-state index contributed by atoms with van der Waals surface area (Å²) in [6.45, 7) is 1.19. The van der Waals surface area contributed by atoms with Crippen molar-refractivity contribution < 1.29 is 27.4 Å². The van der Waals surface area contributed by atoms with Crippen LogP contribution in [0.3, 0.4) is 0 Å². The number of methoxy groups -OCH3 is 2. The van der Waals surface area contributed by atoms with E-state index in [1.165, 1.54) is 30.7 Å². The summed E-state index contributed by atoms with van der Waals surface area (Å²) in [5.41, 5.74) is 0.678. The zero-order valence-electron chi connectivity index (χ0n) is 17.8. The van der Waals surface area contributed by atoms with Gasteiger partial charge in [-0.3, -0.25) is 4.79 Å². The molecule has 1 saturated heterocycles. The van der Waals surface area contributed by atoms with Crippen LogP contribution in [0.25, 0.3) is 10.8 Å². The fraction of sp³-hybridized carbons (Fsp3) is 0.261. The summed E-state index contributed by atoms with van der Waals surface area (Å²) in [6, 6.07) is 15.7. The number of carbonyl (C=O) groups is 1. The van der Waals surface area contributed by atoms with E-state index in [1.807, 2.05) is 24.3 Å². The van der Waals surface area contributed by atoms with Crippen LogP contribution >= 0.6 is 0 Å². The molecule has 1 amide bonds. The zero-order valence-corrected chi connectivity index (χ0v) is 18.6. The number of nitrogens with one attached hydrogen (secondary N) is 1. The molecule has 1 aliphatic heterocycles. The van der Waals surface area contributed by atoms with Gasteiger partial charge in [-0.05, 0) is 41.1 Å². The molecule has 0 aliphatic carbocycles. The Labute approximate surface area is 186 Å². The van der Waals surface area contributed by atoms with E-state index in [9.17, 15) is 13.2 Å². The third-order valence-electron chi connectivity index (χ3n) is 5.32. The molecule has 1 aliphatic rings. The van der Waals surface area contributed by atoms with E-state index in [-0.39, 0.29) is 23.7 Å². The smallest absolute Gasteiger partial charge is 0.259 e. The summed E-state index contributed by atoms with van der Waals surface area (Å²) in [4.78, 5) is 13.0. The molecule has 1 N–H and O–H groups in total. The molecule has 0 unspecified atom stereocenters. The van der Waals surface area contributed by atoms with Crippen molar-refractivity contribution in [1.29, 1.82) is 0 Å². The summed E-state index contributed by atoms with van der Waals surface area (Å²) in [7, 11) is -0.907. The maximum absolute atomic E-state index is 13.2. The largest absolute Gasteiger partial charge is 0.496 e. The second-order valence-corrected chi connectivity index (χ2v) is 9.14. The van der Waals surface area contributed by atoms with E-state index >= 15 is 0 Å². The van der Waals surface area contributed by atoms with Crippen LogP contribution in [0.2, 0.25) is 0 Å². The fourth-order valence-electron chi connectivity index (χ4n) is 3.65. The Hall–Kier alpha value is -3.14. The van der Waals surface area contributed by atoms with Crippen molar-refractivity contribution in [3.05, 3.63) is 60.2 Å². The molecule has 3 aromatic carbocycles. The van der Waals surface area contributed by atoms with E-state index in [4.69, 9.17) is 14.2 Å². The molecule has 0 bridgehead atoms. The van der Waals surface area contributed by atoms with Crippen molar-refractivity contribution in [2.45, 2.75) is 4.90 Å². The summed E-state index contributed by atoms with van der Waals surface area (Å²) in [5.74, 6) is 0.223. The van der Waals surface area contributed by atoms with Gasteiger partial charge in [0.05, 0.1) is 33.0 Å². The minimum atomic E-state index is -3.82. The van der Waals surface area contributed by atoms with E-state index in [0.717, 1.165) is 10.8 Å². The van der Waals surface area contributed by atoms with Gasteiger partial charge in [-0.1, -0.05) is 24.3 Å². The average Bonchev–Trinajstić information content (AvgIpc) is 2.83. The predicted molar refractivity (Wildman–Crippen MR) is 121 cm³/mol. The standard InChI is InChI=1S/C23H24N2O6S/c1-29-20-8-7-18(15-22(20)32(27,28)25-9-11-31-12-10-25)24-23(26)19-13-16-5-3-4-6-17(16)14-21(19)30-2/h3-8,13-15H,9-12H2,1-2H3,(H,24,26). The van der Waals surface area contributed by atoms with Crippen LogP contribution in [0.1, 0.15) is 10.4 Å². The maximum atomic E-state index is 13.2. The third-order valence-corrected chi connectivity index (χ3v) is 7.24. The van der Waals surface area contributed by atoms with Crippen molar-refractivity contribution in [3.63, 3.8) is 0 Å². The molecule has 3 aromatic rings. The average molecular weight is 457 g/mol. The number of hydrogen-bond acceptors (Lipinski definition) is 6. The Morgan fingerprint density at radius 2 is 1.59 bits per heavy atom. The van der Waals surface area contributed by atoms with Gasteiger partial charge in [0.25, 0.3) is 5.91 Å². The molecule has 0 saturated carbocycles. The molecule has 0 atom stereocenters. The topological polar surface area (TPSA) is 94.2 Å². The van der Waals surface area contributed by atoms with Crippen LogP contribution in [-0.4, -0.2) is 59.2 Å². The second-order valence-electron chi connectivity index (χ2n) is 7.24. The monoisotopic (exact) mass is 456 g/mol. The van der Waals surface area contributed by atoms with Crippen molar-refractivity contribution in [2.24, 2.45) is 0 Å². The van der Waals surface area contributed by atoms with E-state index in [1.54, 1.807) is 18.2 Å². The fourth-order valence-corrected chi connectivity index (χ4v) is 5.24. The number of sulfonamides is 1. The number of fused-ring (bicyclic) bond motifs is 1. The van der Waals surface area contributed by atoms with Gasteiger partial charge in [-0.25, -0.2) is 8.42 Å². The highest BCUT2D eigenvalue weighted by molar-refractivity contribution is 7.89. The Morgan fingerprint density at radius 3 is 2.25 bits per heavy atom. The van der Waals surface area contributed by atoms with Crippen LogP contribution in [-0.2, 0) is 14.8 Å². The van der Waals surface area contributed by atoms with Crippen LogP contribution in [0, 0.1) is 0 Å². The van der Waals surface area contributed by atoms with Gasteiger partial charge in [0.2, 0.25) is 10.0 Å². The van der Waals surface area contributed by atoms with Gasteiger partial charge >= 0.3 is 0 Å². The lowest BCUT2D eigenvalue weighted by atomic mass is 10.1. The first-order valence-electron chi connectivity index (χ1n) is 10.1. The number of rotatable bonds is 6. The zero-order chi connectivity index (χ0) is 22.7. The van der Waals surface area contributed by atoms with E-state index < -0.39 is 15.9 Å². The molecule has 0 spiro atoms. The molecule has 9 heteroatoms. The molecular weight excluding hydrogens is 432 g/mol. The molecule has 4 rings (SSSR count). The first-order chi connectivity index (χ1) is 15.4. The molecule has 0 radical (unpaired) electrons. The summed E-state index contributed by atoms with van der Waals surface area (Å²) >= 11 is 0. The van der Waals surface area contributed by atoms with Gasteiger partial charge in [-0.2, -0.15) is 4.31 Å². The summed E-state index contributed by atoms with van der Waals surface area (Å²) < 4.78 is 43.7.